The molecule has 1 aliphatic rings. The molecule has 3 aromatic rings. The first-order chi connectivity index (χ1) is 12.5. The van der Waals surface area contributed by atoms with Crippen molar-refractivity contribution >= 4 is 32.7 Å². The van der Waals surface area contributed by atoms with Crippen LogP contribution in [-0.4, -0.2) is 15.5 Å². The molecular formula is C20H18BrN3O2. The number of aromatic nitrogens is 2. The summed E-state index contributed by atoms with van der Waals surface area (Å²) in [5, 5.41) is 3.57. The minimum Gasteiger partial charge on any atom is -0.345 e. The van der Waals surface area contributed by atoms with E-state index >= 15 is 0 Å². The molecule has 132 valence electrons. The van der Waals surface area contributed by atoms with Crippen LogP contribution in [0.3, 0.4) is 0 Å². The standard InChI is InChI=1S/C20H18BrN3O2/c1-12(14-5-2-3-6-16(14)21)22-19(25)13-8-9-15-17(11-13)23-18-7-4-10-24(18)20(15)26/h2-3,5-6,8-9,11-12H,4,7,10H2,1H3,(H,22,25)/t12-/m1/s1. The van der Waals surface area contributed by atoms with Gasteiger partial charge in [0, 0.05) is 23.0 Å². The summed E-state index contributed by atoms with van der Waals surface area (Å²) in [5.74, 6) is 0.624. The molecule has 0 saturated heterocycles. The van der Waals surface area contributed by atoms with Crippen molar-refractivity contribution in [2.24, 2.45) is 0 Å². The molecule has 1 atom stereocenters. The van der Waals surface area contributed by atoms with Crippen molar-refractivity contribution < 1.29 is 4.79 Å². The number of hydrogen-bond acceptors (Lipinski definition) is 3. The van der Waals surface area contributed by atoms with Gasteiger partial charge in [0.25, 0.3) is 11.5 Å². The van der Waals surface area contributed by atoms with Gasteiger partial charge in [-0.05, 0) is 43.2 Å². The summed E-state index contributed by atoms with van der Waals surface area (Å²) < 4.78 is 2.69. The summed E-state index contributed by atoms with van der Waals surface area (Å²) in [6.07, 6.45) is 1.75. The van der Waals surface area contributed by atoms with Crippen molar-refractivity contribution in [3.05, 3.63) is 74.2 Å². The molecule has 26 heavy (non-hydrogen) atoms. The molecular weight excluding hydrogens is 394 g/mol. The van der Waals surface area contributed by atoms with Gasteiger partial charge in [-0.25, -0.2) is 4.98 Å². The highest BCUT2D eigenvalue weighted by molar-refractivity contribution is 9.10. The number of carbonyl (C=O) groups is 1. The molecule has 1 N–H and O–H groups in total. The number of fused-ring (bicyclic) bond motifs is 2. The smallest absolute Gasteiger partial charge is 0.261 e. The highest BCUT2D eigenvalue weighted by atomic mass is 79.9. The Morgan fingerprint density at radius 1 is 1.27 bits per heavy atom. The molecule has 0 fully saturated rings. The van der Waals surface area contributed by atoms with Gasteiger partial charge in [0.2, 0.25) is 0 Å². The fraction of sp³-hybridized carbons (Fsp3) is 0.250. The molecule has 1 amide bonds. The van der Waals surface area contributed by atoms with Crippen molar-refractivity contribution in [2.45, 2.75) is 32.4 Å². The zero-order valence-corrected chi connectivity index (χ0v) is 15.9. The van der Waals surface area contributed by atoms with Gasteiger partial charge in [-0.1, -0.05) is 34.1 Å². The van der Waals surface area contributed by atoms with Gasteiger partial charge in [0.05, 0.1) is 16.9 Å². The average Bonchev–Trinajstić information content (AvgIpc) is 3.10. The van der Waals surface area contributed by atoms with Gasteiger partial charge in [0.1, 0.15) is 5.82 Å². The maximum absolute atomic E-state index is 12.7. The Bertz CT molecular complexity index is 1070. The van der Waals surface area contributed by atoms with Gasteiger partial charge in [0.15, 0.2) is 0 Å². The van der Waals surface area contributed by atoms with E-state index in [0.29, 0.717) is 16.5 Å². The van der Waals surface area contributed by atoms with E-state index in [1.165, 1.54) is 0 Å². The van der Waals surface area contributed by atoms with Crippen molar-refractivity contribution in [1.29, 1.82) is 0 Å². The van der Waals surface area contributed by atoms with Crippen LogP contribution in [0.1, 0.15) is 41.1 Å². The molecule has 0 aliphatic carbocycles. The lowest BCUT2D eigenvalue weighted by Gasteiger charge is -2.16. The average molecular weight is 412 g/mol. The number of rotatable bonds is 3. The van der Waals surface area contributed by atoms with Crippen LogP contribution >= 0.6 is 15.9 Å². The van der Waals surface area contributed by atoms with Crippen LogP contribution in [0.2, 0.25) is 0 Å². The number of amides is 1. The number of carbonyl (C=O) groups excluding carboxylic acids is 1. The van der Waals surface area contributed by atoms with E-state index in [4.69, 9.17) is 0 Å². The first-order valence-electron chi connectivity index (χ1n) is 8.63. The van der Waals surface area contributed by atoms with E-state index < -0.39 is 0 Å². The Labute approximate surface area is 159 Å². The van der Waals surface area contributed by atoms with Crippen molar-refractivity contribution in [2.75, 3.05) is 0 Å². The maximum atomic E-state index is 12.7. The quantitative estimate of drug-likeness (QED) is 0.715. The van der Waals surface area contributed by atoms with Crippen LogP contribution in [0, 0.1) is 0 Å². The first-order valence-corrected chi connectivity index (χ1v) is 9.42. The highest BCUT2D eigenvalue weighted by Gasteiger charge is 2.18. The second-order valence-electron chi connectivity index (χ2n) is 6.54. The van der Waals surface area contributed by atoms with E-state index in [0.717, 1.165) is 35.2 Å². The third kappa shape index (κ3) is 2.94. The second kappa shape index (κ2) is 6.68. The number of benzene rings is 2. The lowest BCUT2D eigenvalue weighted by molar-refractivity contribution is 0.0940. The molecule has 5 nitrogen and oxygen atoms in total. The molecule has 2 heterocycles. The normalized spacial score (nSPS) is 14.2. The third-order valence-electron chi connectivity index (χ3n) is 4.80. The van der Waals surface area contributed by atoms with E-state index in [2.05, 4.69) is 26.2 Å². The van der Waals surface area contributed by atoms with E-state index in [1.54, 1.807) is 22.8 Å². The zero-order chi connectivity index (χ0) is 18.3. The largest absolute Gasteiger partial charge is 0.345 e. The molecule has 1 aliphatic heterocycles. The number of aryl methyl sites for hydroxylation is 1. The minimum atomic E-state index is -0.183. The molecule has 0 unspecified atom stereocenters. The predicted molar refractivity (Wildman–Crippen MR) is 104 cm³/mol. The fourth-order valence-corrected chi connectivity index (χ4v) is 4.04. The minimum absolute atomic E-state index is 0.0176. The zero-order valence-electron chi connectivity index (χ0n) is 14.3. The molecule has 4 rings (SSSR count). The Balaban J connectivity index is 1.64. The Morgan fingerprint density at radius 3 is 2.88 bits per heavy atom. The summed E-state index contributed by atoms with van der Waals surface area (Å²) in [5.41, 5.74) is 2.09. The van der Waals surface area contributed by atoms with Crippen LogP contribution in [0.25, 0.3) is 10.9 Å². The highest BCUT2D eigenvalue weighted by Crippen LogP contribution is 2.23. The number of halogens is 1. The van der Waals surface area contributed by atoms with Crippen LogP contribution < -0.4 is 10.9 Å². The SMILES string of the molecule is C[C@@H](NC(=O)c1ccc2c(=O)n3c(nc2c1)CCC3)c1ccccc1Br. The van der Waals surface area contributed by atoms with Crippen molar-refractivity contribution in [1.82, 2.24) is 14.9 Å². The van der Waals surface area contributed by atoms with Gasteiger partial charge in [-0.15, -0.1) is 0 Å². The first kappa shape index (κ1) is 17.0. The van der Waals surface area contributed by atoms with Gasteiger partial charge < -0.3 is 5.32 Å². The van der Waals surface area contributed by atoms with Crippen LogP contribution in [0.4, 0.5) is 0 Å². The maximum Gasteiger partial charge on any atom is 0.261 e. The Hall–Kier alpha value is -2.47. The topological polar surface area (TPSA) is 64.0 Å². The van der Waals surface area contributed by atoms with E-state index in [1.807, 2.05) is 31.2 Å². The third-order valence-corrected chi connectivity index (χ3v) is 5.52. The van der Waals surface area contributed by atoms with Crippen LogP contribution in [0.5, 0.6) is 0 Å². The lowest BCUT2D eigenvalue weighted by atomic mass is 10.1. The molecule has 0 spiro atoms. The lowest BCUT2D eigenvalue weighted by Crippen LogP contribution is -2.27. The van der Waals surface area contributed by atoms with E-state index in [-0.39, 0.29) is 17.5 Å². The monoisotopic (exact) mass is 411 g/mol. The van der Waals surface area contributed by atoms with Crippen molar-refractivity contribution in [3.63, 3.8) is 0 Å². The molecule has 1 aromatic heterocycles. The molecule has 0 saturated carbocycles. The van der Waals surface area contributed by atoms with Gasteiger partial charge >= 0.3 is 0 Å². The predicted octanol–water partition coefficient (Wildman–Crippen LogP) is 3.60. The molecule has 0 radical (unpaired) electrons. The summed E-state index contributed by atoms with van der Waals surface area (Å²) in [6.45, 7) is 2.67. The van der Waals surface area contributed by atoms with Crippen LogP contribution in [0.15, 0.2) is 51.7 Å². The summed E-state index contributed by atoms with van der Waals surface area (Å²) in [6, 6.07) is 12.8. The molecule has 0 bridgehead atoms. The Morgan fingerprint density at radius 2 is 2.08 bits per heavy atom. The summed E-state index contributed by atoms with van der Waals surface area (Å²) in [7, 11) is 0. The number of hydrogen-bond donors (Lipinski definition) is 1. The molecule has 6 heteroatoms. The Kier molecular flexibility index (Phi) is 4.36. The second-order valence-corrected chi connectivity index (χ2v) is 7.39. The molecule has 2 aromatic carbocycles. The van der Waals surface area contributed by atoms with Crippen LogP contribution in [-0.2, 0) is 13.0 Å². The number of nitrogens with one attached hydrogen (secondary N) is 1. The van der Waals surface area contributed by atoms with Gasteiger partial charge in [-0.3, -0.25) is 14.2 Å². The summed E-state index contributed by atoms with van der Waals surface area (Å²) in [4.78, 5) is 29.8. The fourth-order valence-electron chi connectivity index (χ4n) is 3.41. The van der Waals surface area contributed by atoms with Gasteiger partial charge in [-0.2, -0.15) is 0 Å². The number of nitrogens with zero attached hydrogens (tertiary/aromatic N) is 2. The summed E-state index contributed by atoms with van der Waals surface area (Å²) >= 11 is 3.51. The van der Waals surface area contributed by atoms with Crippen molar-refractivity contribution in [3.8, 4) is 0 Å². The van der Waals surface area contributed by atoms with E-state index in [9.17, 15) is 9.59 Å².